The van der Waals surface area contributed by atoms with Gasteiger partial charge < -0.3 is 9.71 Å². The molecule has 2 nitrogen and oxygen atoms in total. The summed E-state index contributed by atoms with van der Waals surface area (Å²) in [4.78, 5) is 4.47. The molecule has 0 N–H and O–H groups in total. The van der Waals surface area contributed by atoms with Gasteiger partial charge in [-0.05, 0) is 31.3 Å². The monoisotopic (exact) mass is 194 g/mol. The van der Waals surface area contributed by atoms with Crippen molar-refractivity contribution in [1.82, 2.24) is 9.71 Å². The van der Waals surface area contributed by atoms with E-state index in [2.05, 4.69) is 25.7 Å². The molecule has 0 atom stereocenters. The van der Waals surface area contributed by atoms with Gasteiger partial charge in [-0.25, -0.2) is 0 Å². The van der Waals surface area contributed by atoms with Gasteiger partial charge in [0.2, 0.25) is 0 Å². The topological polar surface area (TPSA) is 6.48 Å². The molecule has 2 radical (unpaired) electrons. The van der Waals surface area contributed by atoms with Crippen molar-refractivity contribution in [3.63, 3.8) is 0 Å². The Labute approximate surface area is 90.1 Å². The highest BCUT2D eigenvalue weighted by molar-refractivity contribution is 6.04. The van der Waals surface area contributed by atoms with Crippen molar-refractivity contribution in [1.29, 1.82) is 0 Å². The van der Waals surface area contributed by atoms with Crippen LogP contribution in [0.5, 0.6) is 0 Å². The fourth-order valence-electron chi connectivity index (χ4n) is 1.93. The molecule has 0 bridgehead atoms. The largest absolute Gasteiger partial charge is 0.351 e. The third-order valence-electron chi connectivity index (χ3n) is 3.72. The number of piperazine rings is 1. The van der Waals surface area contributed by atoms with Crippen LogP contribution in [-0.4, -0.2) is 50.4 Å². The van der Waals surface area contributed by atoms with Crippen molar-refractivity contribution in [3.8, 4) is 0 Å². The lowest BCUT2D eigenvalue weighted by Crippen LogP contribution is -2.48. The van der Waals surface area contributed by atoms with Crippen LogP contribution in [0.25, 0.3) is 0 Å². The molecule has 1 heterocycles. The minimum Gasteiger partial charge on any atom is -0.351 e. The predicted molar refractivity (Wildman–Crippen MR) is 62.5 cm³/mol. The third-order valence-corrected chi connectivity index (χ3v) is 3.72. The van der Waals surface area contributed by atoms with E-state index in [1.165, 1.54) is 19.4 Å². The van der Waals surface area contributed by atoms with Crippen LogP contribution >= 0.6 is 0 Å². The fraction of sp³-hybridized carbons (Fsp3) is 1.00. The predicted octanol–water partition coefficient (Wildman–Crippen LogP) is 1.51. The van der Waals surface area contributed by atoms with Gasteiger partial charge in [0.15, 0.2) is 7.98 Å². The van der Waals surface area contributed by atoms with E-state index in [4.69, 9.17) is 7.98 Å². The molecule has 80 valence electrons. The molecular formula is C11H23BN2. The molecule has 0 spiro atoms. The summed E-state index contributed by atoms with van der Waals surface area (Å²) in [6.45, 7) is 12.5. The molecule has 0 saturated carbocycles. The highest BCUT2D eigenvalue weighted by Gasteiger charge is 2.24. The minimum absolute atomic E-state index is 0.497. The summed E-state index contributed by atoms with van der Waals surface area (Å²) in [5, 5.41) is 0. The van der Waals surface area contributed by atoms with E-state index in [0.717, 1.165) is 26.2 Å². The first kappa shape index (κ1) is 12.1. The van der Waals surface area contributed by atoms with Gasteiger partial charge in [-0.1, -0.05) is 20.8 Å². The van der Waals surface area contributed by atoms with Crippen LogP contribution in [0.1, 0.15) is 33.6 Å². The average Bonchev–Trinajstić information content (AvgIpc) is 2.21. The van der Waals surface area contributed by atoms with E-state index in [-0.39, 0.29) is 0 Å². The number of hydrogen-bond acceptors (Lipinski definition) is 2. The molecule has 1 aliphatic heterocycles. The van der Waals surface area contributed by atoms with Gasteiger partial charge in [0.25, 0.3) is 0 Å². The first-order valence-electron chi connectivity index (χ1n) is 5.81. The molecule has 1 rings (SSSR count). The quantitative estimate of drug-likeness (QED) is 0.626. The van der Waals surface area contributed by atoms with Gasteiger partial charge in [0.05, 0.1) is 0 Å². The number of nitrogens with zero attached hydrogens (tertiary/aromatic N) is 2. The highest BCUT2D eigenvalue weighted by atomic mass is 15.2. The van der Waals surface area contributed by atoms with E-state index >= 15 is 0 Å². The maximum atomic E-state index is 5.73. The molecule has 1 fully saturated rings. The molecule has 0 aromatic rings. The van der Waals surface area contributed by atoms with Crippen LogP contribution < -0.4 is 0 Å². The van der Waals surface area contributed by atoms with E-state index in [1.54, 1.807) is 0 Å². The molecule has 3 heteroatoms. The second-order valence-corrected chi connectivity index (χ2v) is 4.83. The molecule has 14 heavy (non-hydrogen) atoms. The second-order valence-electron chi connectivity index (χ2n) is 4.83. The first-order chi connectivity index (χ1) is 6.59. The van der Waals surface area contributed by atoms with Gasteiger partial charge in [0, 0.05) is 19.6 Å². The summed E-state index contributed by atoms with van der Waals surface area (Å²) in [6.07, 6.45) is 2.54. The Hall–Kier alpha value is -0.0151. The summed E-state index contributed by atoms with van der Waals surface area (Å²) in [7, 11) is 5.73. The maximum Gasteiger partial charge on any atom is 0.182 e. The maximum absolute atomic E-state index is 5.73. The molecule has 1 aliphatic rings. The molecule has 0 unspecified atom stereocenters. The van der Waals surface area contributed by atoms with Crippen molar-refractivity contribution in [3.05, 3.63) is 0 Å². The Bertz CT molecular complexity index is 161. The van der Waals surface area contributed by atoms with Crippen LogP contribution in [0.4, 0.5) is 0 Å². The minimum atomic E-state index is 0.497. The zero-order chi connectivity index (χ0) is 10.6. The third kappa shape index (κ3) is 3.28. The highest BCUT2D eigenvalue weighted by Crippen LogP contribution is 2.26. The van der Waals surface area contributed by atoms with Gasteiger partial charge >= 0.3 is 0 Å². The van der Waals surface area contributed by atoms with Gasteiger partial charge in [-0.2, -0.15) is 0 Å². The lowest BCUT2D eigenvalue weighted by molar-refractivity contribution is 0.118. The van der Waals surface area contributed by atoms with Crippen LogP contribution in [0.15, 0.2) is 0 Å². The van der Waals surface area contributed by atoms with E-state index in [0.29, 0.717) is 5.41 Å². The smallest absolute Gasteiger partial charge is 0.182 e. The van der Waals surface area contributed by atoms with Gasteiger partial charge in [-0.15, -0.1) is 0 Å². The van der Waals surface area contributed by atoms with Crippen molar-refractivity contribution >= 4 is 7.98 Å². The summed E-state index contributed by atoms with van der Waals surface area (Å²) in [5.74, 6) is 0. The lowest BCUT2D eigenvalue weighted by atomic mass is 9.84. The fourth-order valence-corrected chi connectivity index (χ4v) is 1.93. The SMILES string of the molecule is [B]N1CCN(CC(C)(CC)CC)CC1. The van der Waals surface area contributed by atoms with Crippen LogP contribution in [-0.2, 0) is 0 Å². The first-order valence-corrected chi connectivity index (χ1v) is 5.81. The van der Waals surface area contributed by atoms with Crippen molar-refractivity contribution < 1.29 is 0 Å². The Balaban J connectivity index is 2.36. The van der Waals surface area contributed by atoms with Gasteiger partial charge in [-0.3, -0.25) is 0 Å². The summed E-state index contributed by atoms with van der Waals surface area (Å²) in [5.41, 5.74) is 0.497. The Kier molecular flexibility index (Phi) is 4.46. The zero-order valence-corrected chi connectivity index (χ0v) is 9.92. The average molecular weight is 194 g/mol. The molecule has 0 amide bonds. The molecular weight excluding hydrogens is 171 g/mol. The van der Waals surface area contributed by atoms with Crippen LogP contribution in [0.3, 0.4) is 0 Å². The van der Waals surface area contributed by atoms with Crippen molar-refractivity contribution in [2.45, 2.75) is 33.6 Å². The molecule has 0 aromatic heterocycles. The van der Waals surface area contributed by atoms with Crippen LogP contribution in [0, 0.1) is 5.41 Å². The summed E-state index contributed by atoms with van der Waals surface area (Å²) >= 11 is 0. The molecule has 1 saturated heterocycles. The Morgan fingerprint density at radius 2 is 1.57 bits per heavy atom. The molecule has 0 aliphatic carbocycles. The second kappa shape index (κ2) is 5.17. The van der Waals surface area contributed by atoms with E-state index in [1.807, 2.05) is 4.81 Å². The van der Waals surface area contributed by atoms with E-state index in [9.17, 15) is 0 Å². The number of rotatable bonds is 4. The lowest BCUT2D eigenvalue weighted by Gasteiger charge is -2.39. The van der Waals surface area contributed by atoms with Crippen LogP contribution in [0.2, 0.25) is 0 Å². The van der Waals surface area contributed by atoms with Gasteiger partial charge in [0.1, 0.15) is 0 Å². The number of hydrogen-bond donors (Lipinski definition) is 0. The van der Waals surface area contributed by atoms with Crippen molar-refractivity contribution in [2.75, 3.05) is 32.7 Å². The summed E-state index contributed by atoms with van der Waals surface area (Å²) in [6, 6.07) is 0. The van der Waals surface area contributed by atoms with Crippen molar-refractivity contribution in [2.24, 2.45) is 5.41 Å². The Morgan fingerprint density at radius 3 is 2.00 bits per heavy atom. The summed E-state index contributed by atoms with van der Waals surface area (Å²) < 4.78 is 0. The zero-order valence-electron chi connectivity index (χ0n) is 9.92. The van der Waals surface area contributed by atoms with E-state index < -0.39 is 0 Å². The molecule has 0 aromatic carbocycles. The standard InChI is InChI=1S/C11H23BN2/c1-4-11(3,5-2)10-13-6-8-14(12)9-7-13/h4-10H2,1-3H3. The normalized spacial score (nSPS) is 21.4. The Morgan fingerprint density at radius 1 is 1.07 bits per heavy atom.